The summed E-state index contributed by atoms with van der Waals surface area (Å²) in [6.45, 7) is 7.92. The topological polar surface area (TPSA) is 20.2 Å². The van der Waals surface area contributed by atoms with Crippen LogP contribution >= 0.6 is 0 Å². The Hall–Kier alpha value is -0.560. The van der Waals surface area contributed by atoms with Gasteiger partial charge in [0.05, 0.1) is 6.10 Å². The molecule has 0 fully saturated rings. The van der Waals surface area contributed by atoms with E-state index in [2.05, 4.69) is 12.7 Å². The first-order valence-electron chi connectivity index (χ1n) is 4.11. The Morgan fingerprint density at radius 2 is 2.36 bits per heavy atom. The van der Waals surface area contributed by atoms with Crippen LogP contribution in [0.2, 0.25) is 0 Å². The Morgan fingerprint density at radius 3 is 2.82 bits per heavy atom. The predicted molar refractivity (Wildman–Crippen MR) is 47.3 cm³/mol. The lowest BCUT2D eigenvalue weighted by molar-refractivity contribution is 0.174. The lowest BCUT2D eigenvalue weighted by Gasteiger charge is -2.24. The first-order valence-corrected chi connectivity index (χ1v) is 4.11. The van der Waals surface area contributed by atoms with Crippen LogP contribution in [-0.4, -0.2) is 11.2 Å². The minimum Gasteiger partial charge on any atom is -0.389 e. The monoisotopic (exact) mass is 152 g/mol. The minimum atomic E-state index is -0.231. The van der Waals surface area contributed by atoms with E-state index in [1.54, 1.807) is 0 Å². The average Bonchev–Trinajstić information content (AvgIpc) is 1.94. The number of rotatable bonds is 1. The molecule has 0 aromatic heterocycles. The Kier molecular flexibility index (Phi) is 2.50. The summed E-state index contributed by atoms with van der Waals surface area (Å²) in [5.41, 5.74) is 2.30. The van der Waals surface area contributed by atoms with E-state index in [-0.39, 0.29) is 6.10 Å². The molecule has 1 heteroatoms. The summed E-state index contributed by atoms with van der Waals surface area (Å²) in [6.07, 6.45) is 3.80. The van der Waals surface area contributed by atoms with Crippen molar-refractivity contribution in [2.24, 2.45) is 5.92 Å². The van der Waals surface area contributed by atoms with E-state index in [4.69, 9.17) is 0 Å². The van der Waals surface area contributed by atoms with Gasteiger partial charge in [0, 0.05) is 0 Å². The molecule has 0 heterocycles. The lowest BCUT2D eigenvalue weighted by Crippen LogP contribution is -2.19. The zero-order valence-electron chi connectivity index (χ0n) is 7.30. The maximum absolute atomic E-state index is 9.49. The fraction of sp³-hybridized carbons (Fsp3) is 0.600. The van der Waals surface area contributed by atoms with Crippen LogP contribution in [0.3, 0.4) is 0 Å². The molecular weight excluding hydrogens is 136 g/mol. The van der Waals surface area contributed by atoms with Gasteiger partial charge >= 0.3 is 0 Å². The molecule has 11 heavy (non-hydrogen) atoms. The molecule has 1 nitrogen and oxygen atoms in total. The minimum absolute atomic E-state index is 0.231. The second-order valence-corrected chi connectivity index (χ2v) is 3.48. The highest BCUT2D eigenvalue weighted by atomic mass is 16.3. The average molecular weight is 152 g/mol. The SMILES string of the molecule is C=C(C)[C@H]1CC=C(C)[C@H](O)C1. The van der Waals surface area contributed by atoms with Crippen LogP contribution in [0, 0.1) is 5.92 Å². The third-order valence-corrected chi connectivity index (χ3v) is 2.45. The number of aliphatic hydroxyl groups is 1. The van der Waals surface area contributed by atoms with Crippen LogP contribution in [0.25, 0.3) is 0 Å². The largest absolute Gasteiger partial charge is 0.389 e. The standard InChI is InChI=1S/C10H16O/c1-7(2)9-5-4-8(3)10(11)6-9/h4,9-11H,1,5-6H2,2-3H3/t9-,10+/m0/s1. The molecule has 0 radical (unpaired) electrons. The van der Waals surface area contributed by atoms with E-state index in [0.29, 0.717) is 5.92 Å². The van der Waals surface area contributed by atoms with Gasteiger partial charge in [-0.15, -0.1) is 0 Å². The number of hydrogen-bond donors (Lipinski definition) is 1. The van der Waals surface area contributed by atoms with E-state index >= 15 is 0 Å². The highest BCUT2D eigenvalue weighted by Crippen LogP contribution is 2.27. The van der Waals surface area contributed by atoms with Crippen LogP contribution in [0.1, 0.15) is 26.7 Å². The molecule has 0 aromatic carbocycles. The maximum atomic E-state index is 9.49. The first-order chi connectivity index (χ1) is 5.11. The van der Waals surface area contributed by atoms with Gasteiger partial charge in [-0.05, 0) is 38.2 Å². The fourth-order valence-electron chi connectivity index (χ4n) is 1.42. The van der Waals surface area contributed by atoms with Crippen molar-refractivity contribution >= 4 is 0 Å². The summed E-state index contributed by atoms with van der Waals surface area (Å²) in [6, 6.07) is 0. The molecule has 1 aliphatic rings. The molecule has 2 atom stereocenters. The molecule has 0 spiro atoms. The Labute approximate surface area is 68.4 Å². The van der Waals surface area contributed by atoms with Crippen molar-refractivity contribution in [1.29, 1.82) is 0 Å². The molecular formula is C10H16O. The molecule has 1 aliphatic carbocycles. The second kappa shape index (κ2) is 3.22. The normalized spacial score (nSPS) is 31.4. The highest BCUT2D eigenvalue weighted by Gasteiger charge is 2.19. The summed E-state index contributed by atoms with van der Waals surface area (Å²) in [5.74, 6) is 0.494. The lowest BCUT2D eigenvalue weighted by atomic mass is 9.84. The van der Waals surface area contributed by atoms with Crippen molar-refractivity contribution in [2.45, 2.75) is 32.8 Å². The molecule has 0 unspecified atom stereocenters. The maximum Gasteiger partial charge on any atom is 0.0753 e. The molecule has 0 aliphatic heterocycles. The van der Waals surface area contributed by atoms with E-state index in [0.717, 1.165) is 18.4 Å². The molecule has 1 rings (SSSR count). The van der Waals surface area contributed by atoms with E-state index in [1.807, 2.05) is 13.8 Å². The van der Waals surface area contributed by atoms with Crippen LogP contribution in [0.15, 0.2) is 23.8 Å². The van der Waals surface area contributed by atoms with Gasteiger partial charge < -0.3 is 5.11 Å². The van der Waals surface area contributed by atoms with Gasteiger partial charge in [-0.25, -0.2) is 0 Å². The van der Waals surface area contributed by atoms with Crippen molar-refractivity contribution in [2.75, 3.05) is 0 Å². The van der Waals surface area contributed by atoms with Gasteiger partial charge in [-0.1, -0.05) is 18.2 Å². The van der Waals surface area contributed by atoms with Crippen molar-refractivity contribution < 1.29 is 5.11 Å². The molecule has 0 saturated heterocycles. The quantitative estimate of drug-likeness (QED) is 0.571. The third kappa shape index (κ3) is 1.93. The van der Waals surface area contributed by atoms with Crippen LogP contribution < -0.4 is 0 Å². The van der Waals surface area contributed by atoms with Crippen molar-refractivity contribution in [3.63, 3.8) is 0 Å². The second-order valence-electron chi connectivity index (χ2n) is 3.48. The Morgan fingerprint density at radius 1 is 1.73 bits per heavy atom. The molecule has 62 valence electrons. The zero-order chi connectivity index (χ0) is 8.43. The van der Waals surface area contributed by atoms with Crippen LogP contribution in [0.4, 0.5) is 0 Å². The van der Waals surface area contributed by atoms with Gasteiger partial charge in [0.25, 0.3) is 0 Å². The van der Waals surface area contributed by atoms with E-state index in [1.165, 1.54) is 5.57 Å². The van der Waals surface area contributed by atoms with Gasteiger partial charge in [0.15, 0.2) is 0 Å². The van der Waals surface area contributed by atoms with Crippen molar-refractivity contribution in [3.8, 4) is 0 Å². The summed E-state index contributed by atoms with van der Waals surface area (Å²) in [7, 11) is 0. The zero-order valence-corrected chi connectivity index (χ0v) is 7.30. The summed E-state index contributed by atoms with van der Waals surface area (Å²) in [4.78, 5) is 0. The summed E-state index contributed by atoms with van der Waals surface area (Å²) < 4.78 is 0. The van der Waals surface area contributed by atoms with E-state index in [9.17, 15) is 5.11 Å². The third-order valence-electron chi connectivity index (χ3n) is 2.45. The van der Waals surface area contributed by atoms with Gasteiger partial charge in [-0.2, -0.15) is 0 Å². The van der Waals surface area contributed by atoms with Crippen molar-refractivity contribution in [1.82, 2.24) is 0 Å². The number of aliphatic hydroxyl groups excluding tert-OH is 1. The summed E-state index contributed by atoms with van der Waals surface area (Å²) >= 11 is 0. The molecule has 0 amide bonds. The van der Waals surface area contributed by atoms with Gasteiger partial charge in [-0.3, -0.25) is 0 Å². The van der Waals surface area contributed by atoms with Crippen molar-refractivity contribution in [3.05, 3.63) is 23.8 Å². The van der Waals surface area contributed by atoms with E-state index < -0.39 is 0 Å². The fourth-order valence-corrected chi connectivity index (χ4v) is 1.42. The molecule has 0 aromatic rings. The predicted octanol–water partition coefficient (Wildman–Crippen LogP) is 2.28. The van der Waals surface area contributed by atoms with Gasteiger partial charge in [0.1, 0.15) is 0 Å². The van der Waals surface area contributed by atoms with Crippen LogP contribution in [0.5, 0.6) is 0 Å². The smallest absolute Gasteiger partial charge is 0.0753 e. The highest BCUT2D eigenvalue weighted by molar-refractivity contribution is 5.14. The molecule has 1 N–H and O–H groups in total. The number of hydrogen-bond acceptors (Lipinski definition) is 1. The Bertz CT molecular complexity index is 191. The summed E-state index contributed by atoms with van der Waals surface area (Å²) in [5, 5.41) is 9.49. The van der Waals surface area contributed by atoms with Gasteiger partial charge in [0.2, 0.25) is 0 Å². The number of allylic oxidation sites excluding steroid dienone is 2. The first kappa shape index (κ1) is 8.54. The van der Waals surface area contributed by atoms with Crippen LogP contribution in [-0.2, 0) is 0 Å². The molecule has 0 bridgehead atoms. The molecule has 0 saturated carbocycles. The Balaban J connectivity index is 2.62.